The van der Waals surface area contributed by atoms with Gasteiger partial charge in [0.2, 0.25) is 0 Å². The highest BCUT2D eigenvalue weighted by molar-refractivity contribution is 6.13. The van der Waals surface area contributed by atoms with E-state index in [4.69, 9.17) is 0 Å². The van der Waals surface area contributed by atoms with Crippen molar-refractivity contribution in [2.75, 3.05) is 26.2 Å². The van der Waals surface area contributed by atoms with Crippen molar-refractivity contribution in [1.82, 2.24) is 30.2 Å². The summed E-state index contributed by atoms with van der Waals surface area (Å²) in [5, 5.41) is 4.51. The highest BCUT2D eigenvalue weighted by Gasteiger charge is 2.18. The van der Waals surface area contributed by atoms with Crippen LogP contribution in [-0.4, -0.2) is 56.9 Å². The fraction of sp³-hybridized carbons (Fsp3) is 0.241. The van der Waals surface area contributed by atoms with Crippen LogP contribution in [0.3, 0.4) is 0 Å². The largest absolute Gasteiger partial charge is 0.352 e. The first-order valence-corrected chi connectivity index (χ1v) is 12.6. The van der Waals surface area contributed by atoms with Crippen LogP contribution in [0.2, 0.25) is 0 Å². The van der Waals surface area contributed by atoms with Crippen LogP contribution >= 0.6 is 0 Å². The summed E-state index contributed by atoms with van der Waals surface area (Å²) < 4.78 is 15.2. The first kappa shape index (κ1) is 23.2. The van der Waals surface area contributed by atoms with Gasteiger partial charge in [-0.3, -0.25) is 14.8 Å². The Morgan fingerprint density at radius 1 is 1.03 bits per heavy atom. The average Bonchev–Trinajstić information content (AvgIpc) is 3.59. The van der Waals surface area contributed by atoms with E-state index in [1.807, 2.05) is 18.2 Å². The number of hydrogen-bond donors (Lipinski definition) is 2. The Kier molecular flexibility index (Phi) is 6.32. The lowest BCUT2D eigenvalue weighted by Crippen LogP contribution is -2.28. The Labute approximate surface area is 213 Å². The molecule has 0 unspecified atom stereocenters. The molecule has 6 rings (SSSR count). The minimum absolute atomic E-state index is 0.118. The number of nitrogens with one attached hydrogen (secondary N) is 2. The molecule has 4 aromatic heterocycles. The SMILES string of the molecule is O=C(NCCCN1CCCC1)c1ccc(-c2c(F)cnc3[nH]c4cnc(-c5cccnc5)cc4c23)cc1. The maximum Gasteiger partial charge on any atom is 0.251 e. The number of nitrogens with zero attached hydrogens (tertiary/aromatic N) is 4. The Balaban J connectivity index is 1.28. The molecular formula is C29H27FN6O. The molecule has 37 heavy (non-hydrogen) atoms. The van der Waals surface area contributed by atoms with E-state index in [1.54, 1.807) is 42.9 Å². The summed E-state index contributed by atoms with van der Waals surface area (Å²) >= 11 is 0. The van der Waals surface area contributed by atoms with Gasteiger partial charge in [-0.15, -0.1) is 0 Å². The molecule has 0 bridgehead atoms. The lowest BCUT2D eigenvalue weighted by Gasteiger charge is -2.14. The van der Waals surface area contributed by atoms with Gasteiger partial charge >= 0.3 is 0 Å². The molecule has 2 N–H and O–H groups in total. The summed E-state index contributed by atoms with van der Waals surface area (Å²) in [6.45, 7) is 3.97. The number of amides is 1. The van der Waals surface area contributed by atoms with E-state index in [0.717, 1.165) is 48.2 Å². The van der Waals surface area contributed by atoms with Crippen LogP contribution in [0.15, 0.2) is 67.3 Å². The molecule has 5 heterocycles. The molecule has 0 aliphatic carbocycles. The van der Waals surface area contributed by atoms with Gasteiger partial charge in [0.05, 0.1) is 23.6 Å². The second kappa shape index (κ2) is 10.1. The Bertz CT molecular complexity index is 1560. The Hall–Kier alpha value is -4.17. The predicted octanol–water partition coefficient (Wildman–Crippen LogP) is 5.19. The van der Waals surface area contributed by atoms with Gasteiger partial charge in [-0.2, -0.15) is 0 Å². The van der Waals surface area contributed by atoms with Gasteiger partial charge in [0.1, 0.15) is 11.5 Å². The number of likely N-dealkylation sites (tertiary alicyclic amines) is 1. The van der Waals surface area contributed by atoms with Crippen molar-refractivity contribution >= 4 is 27.8 Å². The quantitative estimate of drug-likeness (QED) is 0.304. The van der Waals surface area contributed by atoms with Gasteiger partial charge in [-0.25, -0.2) is 9.37 Å². The van der Waals surface area contributed by atoms with Crippen molar-refractivity contribution in [3.8, 4) is 22.4 Å². The zero-order chi connectivity index (χ0) is 25.2. The molecule has 1 fully saturated rings. The molecule has 1 aromatic carbocycles. The van der Waals surface area contributed by atoms with Crippen molar-refractivity contribution < 1.29 is 9.18 Å². The molecule has 0 saturated carbocycles. The first-order valence-electron chi connectivity index (χ1n) is 12.6. The van der Waals surface area contributed by atoms with Crippen LogP contribution in [0, 0.1) is 5.82 Å². The number of pyridine rings is 3. The normalized spacial score (nSPS) is 14.0. The number of carbonyl (C=O) groups excluding carboxylic acids is 1. The van der Waals surface area contributed by atoms with Gasteiger partial charge in [-0.05, 0) is 74.8 Å². The van der Waals surface area contributed by atoms with Crippen molar-refractivity contribution in [3.63, 3.8) is 0 Å². The van der Waals surface area contributed by atoms with E-state index in [1.165, 1.54) is 19.0 Å². The molecule has 0 atom stereocenters. The molecule has 5 aromatic rings. The first-order chi connectivity index (χ1) is 18.2. The zero-order valence-corrected chi connectivity index (χ0v) is 20.4. The van der Waals surface area contributed by atoms with Crippen LogP contribution < -0.4 is 5.32 Å². The van der Waals surface area contributed by atoms with Gasteiger partial charge in [-0.1, -0.05) is 12.1 Å². The fourth-order valence-electron chi connectivity index (χ4n) is 5.09. The highest BCUT2D eigenvalue weighted by Crippen LogP contribution is 2.36. The topological polar surface area (TPSA) is 86.8 Å². The number of benzene rings is 1. The molecule has 1 aliphatic rings. The second-order valence-corrected chi connectivity index (χ2v) is 9.42. The van der Waals surface area contributed by atoms with Crippen molar-refractivity contribution in [3.05, 3.63) is 78.6 Å². The Morgan fingerprint density at radius 2 is 1.86 bits per heavy atom. The van der Waals surface area contributed by atoms with Crippen LogP contribution in [0.4, 0.5) is 4.39 Å². The molecule has 0 radical (unpaired) electrons. The van der Waals surface area contributed by atoms with Gasteiger partial charge in [0.15, 0.2) is 0 Å². The fourth-order valence-corrected chi connectivity index (χ4v) is 5.09. The van der Waals surface area contributed by atoms with Gasteiger partial charge < -0.3 is 15.2 Å². The summed E-state index contributed by atoms with van der Waals surface area (Å²) in [6, 6.07) is 12.8. The van der Waals surface area contributed by atoms with Crippen molar-refractivity contribution in [2.24, 2.45) is 0 Å². The maximum atomic E-state index is 15.2. The molecular weight excluding hydrogens is 467 g/mol. The van der Waals surface area contributed by atoms with Crippen molar-refractivity contribution in [2.45, 2.75) is 19.3 Å². The van der Waals surface area contributed by atoms with E-state index in [0.29, 0.717) is 34.3 Å². The number of fused-ring (bicyclic) bond motifs is 3. The summed E-state index contributed by atoms with van der Waals surface area (Å²) in [7, 11) is 0. The number of aromatic nitrogens is 4. The Morgan fingerprint density at radius 3 is 2.65 bits per heavy atom. The standard InChI is InChI=1S/C29H27FN6O/c30-23-17-34-28-27(22-15-24(33-18-25(22)35-28)21-5-3-10-31-16-21)26(23)19-6-8-20(9-7-19)29(37)32-11-4-14-36-12-1-2-13-36/h3,5-10,15-18H,1-2,4,11-14H2,(H,32,37)(H,34,35). The highest BCUT2D eigenvalue weighted by atomic mass is 19.1. The number of aromatic amines is 1. The van der Waals surface area contributed by atoms with Crippen LogP contribution in [0.25, 0.3) is 44.3 Å². The van der Waals surface area contributed by atoms with E-state index >= 15 is 4.39 Å². The van der Waals surface area contributed by atoms with E-state index in [2.05, 4.69) is 30.2 Å². The van der Waals surface area contributed by atoms with Crippen molar-refractivity contribution in [1.29, 1.82) is 0 Å². The number of H-pyrrole nitrogens is 1. The van der Waals surface area contributed by atoms with E-state index < -0.39 is 5.82 Å². The minimum atomic E-state index is -0.424. The molecule has 186 valence electrons. The van der Waals surface area contributed by atoms with E-state index in [9.17, 15) is 4.79 Å². The monoisotopic (exact) mass is 494 g/mol. The van der Waals surface area contributed by atoms with Crippen LogP contribution in [-0.2, 0) is 0 Å². The summed E-state index contributed by atoms with van der Waals surface area (Å²) in [6.07, 6.45) is 9.89. The van der Waals surface area contributed by atoms with Gasteiger partial charge in [0.25, 0.3) is 5.91 Å². The van der Waals surface area contributed by atoms with Crippen LogP contribution in [0.5, 0.6) is 0 Å². The molecule has 1 saturated heterocycles. The maximum absolute atomic E-state index is 15.2. The third-order valence-corrected chi connectivity index (χ3v) is 6.99. The summed E-state index contributed by atoms with van der Waals surface area (Å²) in [5.41, 5.74) is 4.64. The predicted molar refractivity (Wildman–Crippen MR) is 143 cm³/mol. The third-order valence-electron chi connectivity index (χ3n) is 6.99. The number of rotatable bonds is 7. The lowest BCUT2D eigenvalue weighted by molar-refractivity contribution is 0.0952. The van der Waals surface area contributed by atoms with E-state index in [-0.39, 0.29) is 5.91 Å². The molecule has 1 aliphatic heterocycles. The third kappa shape index (κ3) is 4.68. The number of hydrogen-bond acceptors (Lipinski definition) is 5. The average molecular weight is 495 g/mol. The smallest absolute Gasteiger partial charge is 0.251 e. The molecule has 8 heteroatoms. The lowest BCUT2D eigenvalue weighted by atomic mass is 9.99. The number of carbonyl (C=O) groups is 1. The number of halogens is 1. The second-order valence-electron chi connectivity index (χ2n) is 9.42. The molecule has 7 nitrogen and oxygen atoms in total. The minimum Gasteiger partial charge on any atom is -0.352 e. The summed E-state index contributed by atoms with van der Waals surface area (Å²) in [4.78, 5) is 31.3. The molecule has 0 spiro atoms. The molecule has 1 amide bonds. The van der Waals surface area contributed by atoms with Crippen LogP contribution in [0.1, 0.15) is 29.6 Å². The summed E-state index contributed by atoms with van der Waals surface area (Å²) in [5.74, 6) is -0.542. The zero-order valence-electron chi connectivity index (χ0n) is 20.4. The van der Waals surface area contributed by atoms with Gasteiger partial charge in [0, 0.05) is 46.4 Å².